The van der Waals surface area contributed by atoms with E-state index in [9.17, 15) is 0 Å². The van der Waals surface area contributed by atoms with Gasteiger partial charge >= 0.3 is 0 Å². The highest BCUT2D eigenvalue weighted by Gasteiger charge is 2.53. The molecule has 3 aliphatic rings. The largest absolute Gasteiger partial charge is 0.310 e. The Morgan fingerprint density at radius 3 is 1.25 bits per heavy atom. The molecular weight excluding hydrogens is 855 g/mol. The molecule has 1 heteroatoms. The monoisotopic (exact) mass is 903 g/mol. The van der Waals surface area contributed by atoms with Gasteiger partial charge in [-0.2, -0.15) is 0 Å². The molecule has 0 saturated carbocycles. The number of benzene rings is 11. The zero-order valence-electron chi connectivity index (χ0n) is 39.8. The summed E-state index contributed by atoms with van der Waals surface area (Å²) >= 11 is 0. The molecule has 0 saturated heterocycles. The Hall–Kier alpha value is -8.78. The highest BCUT2D eigenvalue weighted by atomic mass is 15.1. The Kier molecular flexibility index (Phi) is 9.22. The lowest BCUT2D eigenvalue weighted by Crippen LogP contribution is -2.26. The standard InChI is InChI=1S/C70H49N/c1-69(2)61-28-14-12-24-57(61)58-43-41-54(45-65(58)69)71(52-37-32-48(33-38-52)46-18-6-3-7-19-46)53-39-34-50(35-40-53)56-27-17-31-64-68(56)60-42-36-51(47-20-8-4-9-21-47)44-66(60)70(64)62-29-15-13-25-59(62)67-55(26-16-30-63(67)70)49-22-10-5-11-23-49/h3-45H,1-2H3. The Balaban J connectivity index is 0.945. The van der Waals surface area contributed by atoms with Crippen LogP contribution in [-0.2, 0) is 10.8 Å². The first-order valence-corrected chi connectivity index (χ1v) is 24.9. The Morgan fingerprint density at radius 2 is 0.634 bits per heavy atom. The molecule has 0 fully saturated rings. The van der Waals surface area contributed by atoms with Crippen molar-refractivity contribution >= 4 is 17.1 Å². The molecule has 0 aliphatic heterocycles. The maximum atomic E-state index is 2.50. The summed E-state index contributed by atoms with van der Waals surface area (Å²) in [6, 6.07) is 97.2. The zero-order valence-corrected chi connectivity index (χ0v) is 39.8. The zero-order chi connectivity index (χ0) is 47.3. The summed E-state index contributed by atoms with van der Waals surface area (Å²) in [6.07, 6.45) is 0. The van der Waals surface area contributed by atoms with Gasteiger partial charge in [0.25, 0.3) is 0 Å². The Bertz CT molecular complexity index is 3870. The SMILES string of the molecule is CC1(C)c2ccccc2-c2ccc(N(c3ccc(-c4ccccc4)cc3)c3ccc(-c4cccc5c4-c4ccc(-c6ccccc6)cc4C54c5ccccc5-c5c(-c6ccccc6)cccc54)cc3)cc21. The van der Waals surface area contributed by atoms with Gasteiger partial charge in [-0.3, -0.25) is 0 Å². The number of fused-ring (bicyclic) bond motifs is 13. The van der Waals surface area contributed by atoms with Gasteiger partial charge < -0.3 is 4.90 Å². The first-order chi connectivity index (χ1) is 35.0. The minimum absolute atomic E-state index is 0.124. The van der Waals surface area contributed by atoms with Crippen LogP contribution in [0.1, 0.15) is 47.2 Å². The lowest BCUT2D eigenvalue weighted by molar-refractivity contribution is 0.660. The third kappa shape index (κ3) is 6.13. The van der Waals surface area contributed by atoms with Crippen molar-refractivity contribution in [1.29, 1.82) is 0 Å². The number of anilines is 3. The molecule has 0 amide bonds. The average molecular weight is 904 g/mol. The van der Waals surface area contributed by atoms with Crippen molar-refractivity contribution in [3.63, 3.8) is 0 Å². The van der Waals surface area contributed by atoms with E-state index in [2.05, 4.69) is 280 Å². The summed E-state index contributed by atoms with van der Waals surface area (Å²) < 4.78 is 0. The lowest BCUT2D eigenvalue weighted by Gasteiger charge is -2.31. The van der Waals surface area contributed by atoms with E-state index in [1.54, 1.807) is 0 Å². The maximum Gasteiger partial charge on any atom is 0.0726 e. The van der Waals surface area contributed by atoms with Crippen LogP contribution in [0.3, 0.4) is 0 Å². The third-order valence-corrected chi connectivity index (χ3v) is 15.9. The van der Waals surface area contributed by atoms with Crippen LogP contribution in [0.2, 0.25) is 0 Å². The first kappa shape index (κ1) is 41.2. The second-order valence-corrected chi connectivity index (χ2v) is 19.9. The van der Waals surface area contributed by atoms with E-state index in [1.807, 2.05) is 0 Å². The molecule has 0 bridgehead atoms. The molecule has 11 aromatic rings. The van der Waals surface area contributed by atoms with Crippen LogP contribution in [-0.4, -0.2) is 0 Å². The summed E-state index contributed by atoms with van der Waals surface area (Å²) in [5.41, 5.74) is 28.4. The van der Waals surface area contributed by atoms with Crippen LogP contribution in [0.4, 0.5) is 17.1 Å². The van der Waals surface area contributed by atoms with Crippen LogP contribution in [0, 0.1) is 0 Å². The van der Waals surface area contributed by atoms with Crippen molar-refractivity contribution in [3.05, 3.63) is 294 Å². The van der Waals surface area contributed by atoms with Gasteiger partial charge in [-0.05, 0) is 154 Å². The minimum atomic E-state index is -0.522. The quantitative estimate of drug-likeness (QED) is 0.154. The Morgan fingerprint density at radius 1 is 0.239 bits per heavy atom. The van der Waals surface area contributed by atoms with Gasteiger partial charge in [-0.25, -0.2) is 0 Å². The van der Waals surface area contributed by atoms with E-state index in [-0.39, 0.29) is 5.41 Å². The summed E-state index contributed by atoms with van der Waals surface area (Å²) in [6.45, 7) is 4.73. The molecule has 3 aliphatic carbocycles. The van der Waals surface area contributed by atoms with Gasteiger partial charge in [0, 0.05) is 22.5 Å². The van der Waals surface area contributed by atoms with Gasteiger partial charge in [0.2, 0.25) is 0 Å². The second kappa shape index (κ2) is 15.9. The third-order valence-electron chi connectivity index (χ3n) is 15.9. The number of rotatable bonds is 7. The van der Waals surface area contributed by atoms with Crippen LogP contribution in [0.5, 0.6) is 0 Å². The first-order valence-electron chi connectivity index (χ1n) is 24.9. The molecule has 0 aromatic heterocycles. The summed E-state index contributed by atoms with van der Waals surface area (Å²) in [4.78, 5) is 2.43. The van der Waals surface area contributed by atoms with Crippen molar-refractivity contribution < 1.29 is 0 Å². The molecule has 1 atom stereocenters. The molecule has 71 heavy (non-hydrogen) atoms. The summed E-state index contributed by atoms with van der Waals surface area (Å²) in [5, 5.41) is 0. The van der Waals surface area contributed by atoms with E-state index in [0.717, 1.165) is 17.1 Å². The van der Waals surface area contributed by atoms with Gasteiger partial charge in [0.15, 0.2) is 0 Å². The van der Waals surface area contributed by atoms with Crippen molar-refractivity contribution in [2.24, 2.45) is 0 Å². The van der Waals surface area contributed by atoms with E-state index >= 15 is 0 Å². The Labute approximate surface area is 416 Å². The fourth-order valence-electron chi connectivity index (χ4n) is 12.7. The number of nitrogens with zero attached hydrogens (tertiary/aromatic N) is 1. The van der Waals surface area contributed by atoms with E-state index in [1.165, 1.54) is 111 Å². The molecular formula is C70H49N. The highest BCUT2D eigenvalue weighted by molar-refractivity contribution is 6.03. The van der Waals surface area contributed by atoms with Crippen LogP contribution >= 0.6 is 0 Å². The van der Waals surface area contributed by atoms with E-state index in [4.69, 9.17) is 0 Å². The molecule has 1 nitrogen and oxygen atoms in total. The smallest absolute Gasteiger partial charge is 0.0726 e. The van der Waals surface area contributed by atoms with E-state index in [0.29, 0.717) is 0 Å². The molecule has 1 unspecified atom stereocenters. The summed E-state index contributed by atoms with van der Waals surface area (Å²) in [5.74, 6) is 0. The molecule has 11 aromatic carbocycles. The lowest BCUT2D eigenvalue weighted by atomic mass is 9.70. The predicted molar refractivity (Wildman–Crippen MR) is 297 cm³/mol. The average Bonchev–Trinajstić information content (AvgIpc) is 4.00. The van der Waals surface area contributed by atoms with Crippen LogP contribution in [0.15, 0.2) is 261 Å². The second-order valence-electron chi connectivity index (χ2n) is 19.9. The topological polar surface area (TPSA) is 3.24 Å². The molecule has 14 rings (SSSR count). The van der Waals surface area contributed by atoms with Crippen molar-refractivity contribution in [1.82, 2.24) is 0 Å². The van der Waals surface area contributed by atoms with Crippen LogP contribution in [0.25, 0.3) is 77.9 Å². The number of hydrogen-bond acceptors (Lipinski definition) is 1. The minimum Gasteiger partial charge on any atom is -0.310 e. The molecule has 334 valence electrons. The fraction of sp³-hybridized carbons (Fsp3) is 0.0571. The highest BCUT2D eigenvalue weighted by Crippen LogP contribution is 2.65. The van der Waals surface area contributed by atoms with Gasteiger partial charge in [-0.1, -0.05) is 232 Å². The van der Waals surface area contributed by atoms with Crippen molar-refractivity contribution in [3.8, 4) is 77.9 Å². The summed E-state index contributed by atoms with van der Waals surface area (Å²) in [7, 11) is 0. The number of hydrogen-bond donors (Lipinski definition) is 0. The maximum absolute atomic E-state index is 2.50. The normalized spacial score (nSPS) is 15.1. The molecule has 0 heterocycles. The van der Waals surface area contributed by atoms with E-state index < -0.39 is 5.41 Å². The van der Waals surface area contributed by atoms with Gasteiger partial charge in [0.05, 0.1) is 5.41 Å². The fourth-order valence-corrected chi connectivity index (χ4v) is 12.7. The molecule has 0 N–H and O–H groups in total. The predicted octanol–water partition coefficient (Wildman–Crippen LogP) is 18.5. The van der Waals surface area contributed by atoms with Gasteiger partial charge in [-0.15, -0.1) is 0 Å². The molecule has 1 spiro atoms. The van der Waals surface area contributed by atoms with Gasteiger partial charge in [0.1, 0.15) is 0 Å². The van der Waals surface area contributed by atoms with Crippen molar-refractivity contribution in [2.45, 2.75) is 24.7 Å². The molecule has 0 radical (unpaired) electrons. The van der Waals surface area contributed by atoms with Crippen LogP contribution < -0.4 is 4.90 Å². The van der Waals surface area contributed by atoms with Crippen molar-refractivity contribution in [2.75, 3.05) is 4.90 Å².